The van der Waals surface area contributed by atoms with E-state index < -0.39 is 0 Å². The van der Waals surface area contributed by atoms with E-state index in [-0.39, 0.29) is 0 Å². The fourth-order valence-electron chi connectivity index (χ4n) is 4.03. The molecule has 3 aliphatic rings. The molecule has 0 amide bonds. The number of rotatable bonds is 2. The Balaban J connectivity index is 1.62. The predicted molar refractivity (Wildman–Crippen MR) is 72.1 cm³/mol. The smallest absolute Gasteiger partial charge is 0.0284 e. The van der Waals surface area contributed by atoms with Crippen LogP contribution >= 0.6 is 0 Å². The molecule has 0 spiro atoms. The van der Waals surface area contributed by atoms with Gasteiger partial charge in [-0.2, -0.15) is 0 Å². The summed E-state index contributed by atoms with van der Waals surface area (Å²) in [6, 6.07) is 3.26. The molecule has 3 rings (SSSR count). The van der Waals surface area contributed by atoms with Crippen LogP contribution in [-0.2, 0) is 0 Å². The first-order valence-electron chi connectivity index (χ1n) is 7.44. The molecule has 2 saturated heterocycles. The lowest BCUT2D eigenvalue weighted by atomic mass is 9.97. The molecule has 2 heteroatoms. The van der Waals surface area contributed by atoms with Crippen LogP contribution in [0.3, 0.4) is 0 Å². The number of hydrogen-bond donors (Lipinski definition) is 0. The molecule has 0 aliphatic carbocycles. The van der Waals surface area contributed by atoms with Crippen molar-refractivity contribution in [2.75, 3.05) is 13.1 Å². The second-order valence-corrected chi connectivity index (χ2v) is 6.27. The maximum absolute atomic E-state index is 2.86. The first kappa shape index (κ1) is 11.7. The molecule has 3 aliphatic heterocycles. The van der Waals surface area contributed by atoms with Gasteiger partial charge in [-0.15, -0.1) is 0 Å². The van der Waals surface area contributed by atoms with Gasteiger partial charge < -0.3 is 4.90 Å². The van der Waals surface area contributed by atoms with Crippen LogP contribution in [0, 0.1) is 0 Å². The molecule has 2 fully saturated rings. The predicted octanol–water partition coefficient (Wildman–Crippen LogP) is 2.65. The highest BCUT2D eigenvalue weighted by atomic mass is 15.3. The van der Waals surface area contributed by atoms with Gasteiger partial charge in [0, 0.05) is 24.2 Å². The van der Waals surface area contributed by atoms with Crippen molar-refractivity contribution < 1.29 is 0 Å². The molecule has 96 valence electrons. The topological polar surface area (TPSA) is 6.48 Å². The van der Waals surface area contributed by atoms with Gasteiger partial charge in [-0.3, -0.25) is 4.90 Å². The highest BCUT2D eigenvalue weighted by molar-refractivity contribution is 5.10. The van der Waals surface area contributed by atoms with E-state index in [1.54, 1.807) is 0 Å². The zero-order chi connectivity index (χ0) is 11.8. The van der Waals surface area contributed by atoms with Crippen LogP contribution in [0.4, 0.5) is 0 Å². The first-order chi connectivity index (χ1) is 8.25. The zero-order valence-electron chi connectivity index (χ0n) is 11.3. The van der Waals surface area contributed by atoms with Crippen molar-refractivity contribution in [2.24, 2.45) is 0 Å². The minimum atomic E-state index is 0.730. The number of hydrogen-bond acceptors (Lipinski definition) is 2. The van der Waals surface area contributed by atoms with Crippen LogP contribution in [0.25, 0.3) is 0 Å². The third-order valence-electron chi connectivity index (χ3n) is 5.02. The van der Waals surface area contributed by atoms with Crippen molar-refractivity contribution in [1.82, 2.24) is 9.80 Å². The lowest BCUT2D eigenvalue weighted by Gasteiger charge is -2.43. The fraction of sp³-hybridized carbons (Fsp3) is 0.867. The molecule has 3 heterocycles. The fourth-order valence-corrected chi connectivity index (χ4v) is 4.03. The molecule has 2 nitrogen and oxygen atoms in total. The van der Waals surface area contributed by atoms with E-state index in [4.69, 9.17) is 0 Å². The maximum atomic E-state index is 2.86. The Hall–Kier alpha value is -0.340. The van der Waals surface area contributed by atoms with Crippen molar-refractivity contribution in [3.63, 3.8) is 0 Å². The van der Waals surface area contributed by atoms with Crippen molar-refractivity contribution in [2.45, 2.75) is 70.1 Å². The molecule has 2 atom stereocenters. The minimum Gasteiger partial charge on any atom is -0.301 e. The molecule has 17 heavy (non-hydrogen) atoms. The summed E-state index contributed by atoms with van der Waals surface area (Å²) in [5, 5.41) is 0. The van der Waals surface area contributed by atoms with Crippen LogP contribution in [0.2, 0.25) is 0 Å². The quantitative estimate of drug-likeness (QED) is 0.678. The molecule has 2 unspecified atom stereocenters. The van der Waals surface area contributed by atoms with Crippen LogP contribution in [0.5, 0.6) is 0 Å². The molecular formula is C15H26N2. The first-order valence-corrected chi connectivity index (χ1v) is 7.44. The summed E-state index contributed by atoms with van der Waals surface area (Å²) in [4.78, 5) is 5.50. The minimum absolute atomic E-state index is 0.730. The van der Waals surface area contributed by atoms with Crippen molar-refractivity contribution in [1.29, 1.82) is 0 Å². The lowest BCUT2D eigenvalue weighted by Crippen LogP contribution is -2.51. The standard InChI is InChI=1S/C15H26N2/c1-12(2)16-10-8-15(9-11-16)17-13-4-3-5-14(17)7-6-13/h3-4,12-15H,5-11H2,1-2H3. The molecular weight excluding hydrogens is 208 g/mol. The van der Waals surface area contributed by atoms with Gasteiger partial charge in [-0.05, 0) is 59.0 Å². The molecule has 0 aromatic heterocycles. The van der Waals surface area contributed by atoms with Gasteiger partial charge in [-0.1, -0.05) is 12.2 Å². The Morgan fingerprint density at radius 2 is 1.76 bits per heavy atom. The largest absolute Gasteiger partial charge is 0.301 e. The van der Waals surface area contributed by atoms with Gasteiger partial charge in [0.1, 0.15) is 0 Å². The van der Waals surface area contributed by atoms with Crippen molar-refractivity contribution in [3.05, 3.63) is 12.2 Å². The van der Waals surface area contributed by atoms with Gasteiger partial charge in [0.05, 0.1) is 0 Å². The SMILES string of the molecule is CC(C)N1CCC(N2C3C=CCC2CC3)CC1. The van der Waals surface area contributed by atoms with Crippen LogP contribution in [-0.4, -0.2) is 47.1 Å². The third kappa shape index (κ3) is 2.17. The Bertz CT molecular complexity index is 289. The molecule has 0 radical (unpaired) electrons. The summed E-state index contributed by atoms with van der Waals surface area (Å²) < 4.78 is 0. The molecule has 0 saturated carbocycles. The summed E-state index contributed by atoms with van der Waals surface area (Å²) in [5.74, 6) is 0. The van der Waals surface area contributed by atoms with E-state index in [0.717, 1.165) is 24.2 Å². The van der Waals surface area contributed by atoms with Gasteiger partial charge in [-0.25, -0.2) is 0 Å². The Morgan fingerprint density at radius 3 is 2.41 bits per heavy atom. The van der Waals surface area contributed by atoms with E-state index >= 15 is 0 Å². The zero-order valence-corrected chi connectivity index (χ0v) is 11.3. The summed E-state index contributed by atoms with van der Waals surface area (Å²) >= 11 is 0. The number of nitrogens with zero attached hydrogens (tertiary/aromatic N) is 2. The lowest BCUT2D eigenvalue weighted by molar-refractivity contribution is 0.0664. The second kappa shape index (κ2) is 4.74. The highest BCUT2D eigenvalue weighted by Crippen LogP contribution is 2.36. The number of fused-ring (bicyclic) bond motifs is 2. The van der Waals surface area contributed by atoms with Crippen LogP contribution < -0.4 is 0 Å². The summed E-state index contributed by atoms with van der Waals surface area (Å²) in [6.45, 7) is 7.27. The highest BCUT2D eigenvalue weighted by Gasteiger charge is 2.39. The van der Waals surface area contributed by atoms with E-state index in [2.05, 4.69) is 35.8 Å². The third-order valence-corrected chi connectivity index (χ3v) is 5.02. The Morgan fingerprint density at radius 1 is 1.00 bits per heavy atom. The Kier molecular flexibility index (Phi) is 3.27. The second-order valence-electron chi connectivity index (χ2n) is 6.27. The summed E-state index contributed by atoms with van der Waals surface area (Å²) in [5.41, 5.74) is 0. The number of piperidine rings is 1. The molecule has 0 N–H and O–H groups in total. The summed E-state index contributed by atoms with van der Waals surface area (Å²) in [7, 11) is 0. The van der Waals surface area contributed by atoms with Gasteiger partial charge in [0.2, 0.25) is 0 Å². The molecule has 2 bridgehead atoms. The van der Waals surface area contributed by atoms with Gasteiger partial charge in [0.25, 0.3) is 0 Å². The van der Waals surface area contributed by atoms with Crippen molar-refractivity contribution in [3.8, 4) is 0 Å². The Labute approximate surface area is 106 Å². The molecule has 0 aromatic rings. The van der Waals surface area contributed by atoms with Gasteiger partial charge in [0.15, 0.2) is 0 Å². The molecule has 0 aromatic carbocycles. The maximum Gasteiger partial charge on any atom is 0.0284 e. The number of likely N-dealkylation sites (tertiary alicyclic amines) is 1. The van der Waals surface area contributed by atoms with E-state index in [0.29, 0.717) is 0 Å². The average Bonchev–Trinajstić information content (AvgIpc) is 2.59. The normalized spacial score (nSPS) is 35.9. The van der Waals surface area contributed by atoms with Crippen LogP contribution in [0.1, 0.15) is 46.0 Å². The van der Waals surface area contributed by atoms with E-state index in [9.17, 15) is 0 Å². The van der Waals surface area contributed by atoms with Crippen LogP contribution in [0.15, 0.2) is 12.2 Å². The van der Waals surface area contributed by atoms with Gasteiger partial charge >= 0.3 is 0 Å². The van der Waals surface area contributed by atoms with E-state index in [1.165, 1.54) is 45.2 Å². The monoisotopic (exact) mass is 234 g/mol. The van der Waals surface area contributed by atoms with Crippen molar-refractivity contribution >= 4 is 0 Å². The van der Waals surface area contributed by atoms with E-state index in [1.807, 2.05) is 0 Å². The summed E-state index contributed by atoms with van der Waals surface area (Å²) in [6.07, 6.45) is 11.8. The average molecular weight is 234 g/mol.